The van der Waals surface area contributed by atoms with Gasteiger partial charge in [-0.2, -0.15) is 0 Å². The number of hydrogen-bond acceptors (Lipinski definition) is 1. The van der Waals surface area contributed by atoms with Crippen LogP contribution >= 0.6 is 0 Å². The Balaban J connectivity index is 2.16. The largest absolute Gasteiger partial charge is 0.367 e. The molecule has 0 amide bonds. The summed E-state index contributed by atoms with van der Waals surface area (Å²) < 4.78 is 5.64. The maximum atomic E-state index is 5.64. The van der Waals surface area contributed by atoms with E-state index in [4.69, 9.17) is 4.74 Å². The Labute approximate surface area is 138 Å². The number of hydrogen-bond donors (Lipinski definition) is 0. The summed E-state index contributed by atoms with van der Waals surface area (Å²) in [6, 6.07) is 0. The quantitative estimate of drug-likeness (QED) is 0.321. The Bertz CT molecular complexity index is 423. The van der Waals surface area contributed by atoms with Crippen LogP contribution in [0.5, 0.6) is 0 Å². The Kier molecular flexibility index (Phi) is 8.17. The predicted molar refractivity (Wildman–Crippen MR) is 98.2 cm³/mol. The van der Waals surface area contributed by atoms with Crippen LogP contribution in [0, 0.1) is 0 Å². The van der Waals surface area contributed by atoms with Crippen molar-refractivity contribution in [2.75, 3.05) is 0 Å². The van der Waals surface area contributed by atoms with Gasteiger partial charge in [0.2, 0.25) is 0 Å². The van der Waals surface area contributed by atoms with Crippen molar-refractivity contribution in [2.45, 2.75) is 98.2 Å². The van der Waals surface area contributed by atoms with Crippen LogP contribution < -0.4 is 0 Å². The standard InChI is InChI=1S/C21H36O/c1-7-10-17(2)11-8-12-18(3)13-9-14-19(4)15-16-20-21(5,6)22-20/h10,12,14,20H,7-9,11,13,15-16H2,1-6H3/b17-10+,18-12+,19-14+. The van der Waals surface area contributed by atoms with E-state index < -0.39 is 0 Å². The lowest BCUT2D eigenvalue weighted by Gasteiger charge is -2.03. The lowest BCUT2D eigenvalue weighted by molar-refractivity contribution is 0.320. The molecular formula is C21H36O. The minimum atomic E-state index is 0.143. The first kappa shape index (κ1) is 19.2. The van der Waals surface area contributed by atoms with Gasteiger partial charge in [-0.15, -0.1) is 0 Å². The van der Waals surface area contributed by atoms with Gasteiger partial charge in [0.1, 0.15) is 0 Å². The topological polar surface area (TPSA) is 12.5 Å². The van der Waals surface area contributed by atoms with Gasteiger partial charge in [0.25, 0.3) is 0 Å². The summed E-state index contributed by atoms with van der Waals surface area (Å²) in [5.41, 5.74) is 4.71. The SMILES string of the molecule is CC/C=C(\C)CC/C=C(\C)CC/C=C(\C)CCC1OC1(C)C. The highest BCUT2D eigenvalue weighted by atomic mass is 16.6. The van der Waals surface area contributed by atoms with Crippen LogP contribution in [-0.2, 0) is 4.74 Å². The molecule has 0 aromatic heterocycles. The summed E-state index contributed by atoms with van der Waals surface area (Å²) in [7, 11) is 0. The van der Waals surface area contributed by atoms with E-state index in [2.05, 4.69) is 59.8 Å². The van der Waals surface area contributed by atoms with Crippen molar-refractivity contribution in [1.29, 1.82) is 0 Å². The molecule has 22 heavy (non-hydrogen) atoms. The van der Waals surface area contributed by atoms with Gasteiger partial charge in [0.05, 0.1) is 11.7 Å². The minimum absolute atomic E-state index is 0.143. The summed E-state index contributed by atoms with van der Waals surface area (Å²) in [4.78, 5) is 0. The molecule has 126 valence electrons. The van der Waals surface area contributed by atoms with Gasteiger partial charge in [-0.25, -0.2) is 0 Å². The number of ether oxygens (including phenoxy) is 1. The lowest BCUT2D eigenvalue weighted by atomic mass is 10.0. The molecule has 0 aromatic rings. The molecule has 0 aromatic carbocycles. The molecule has 0 N–H and O–H groups in total. The molecule has 0 saturated carbocycles. The molecule has 0 radical (unpaired) electrons. The second-order valence-corrected chi connectivity index (χ2v) is 7.39. The molecule has 1 nitrogen and oxygen atoms in total. The Hall–Kier alpha value is -0.820. The van der Waals surface area contributed by atoms with E-state index in [1.165, 1.54) is 55.2 Å². The minimum Gasteiger partial charge on any atom is -0.367 e. The fourth-order valence-electron chi connectivity index (χ4n) is 2.85. The van der Waals surface area contributed by atoms with Crippen molar-refractivity contribution >= 4 is 0 Å². The summed E-state index contributed by atoms with van der Waals surface area (Å²) in [5, 5.41) is 0. The molecule has 1 fully saturated rings. The van der Waals surface area contributed by atoms with Crippen molar-refractivity contribution in [3.63, 3.8) is 0 Å². The van der Waals surface area contributed by atoms with E-state index >= 15 is 0 Å². The van der Waals surface area contributed by atoms with E-state index in [0.717, 1.165) is 6.42 Å². The van der Waals surface area contributed by atoms with Crippen molar-refractivity contribution in [3.8, 4) is 0 Å². The first-order valence-corrected chi connectivity index (χ1v) is 9.00. The van der Waals surface area contributed by atoms with Crippen molar-refractivity contribution in [3.05, 3.63) is 34.9 Å². The van der Waals surface area contributed by atoms with E-state index in [0.29, 0.717) is 6.10 Å². The molecular weight excluding hydrogens is 268 g/mol. The molecule has 0 aliphatic carbocycles. The first-order chi connectivity index (χ1) is 10.3. The fraction of sp³-hybridized carbons (Fsp3) is 0.714. The van der Waals surface area contributed by atoms with Crippen LogP contribution in [0.4, 0.5) is 0 Å². The summed E-state index contributed by atoms with van der Waals surface area (Å²) >= 11 is 0. The third-order valence-electron chi connectivity index (χ3n) is 4.58. The van der Waals surface area contributed by atoms with Crippen LogP contribution in [0.15, 0.2) is 34.9 Å². The summed E-state index contributed by atoms with van der Waals surface area (Å²) in [6.45, 7) is 13.3. The molecule has 1 saturated heterocycles. The van der Waals surface area contributed by atoms with E-state index in [9.17, 15) is 0 Å². The Morgan fingerprint density at radius 2 is 1.32 bits per heavy atom. The van der Waals surface area contributed by atoms with Crippen LogP contribution in [0.2, 0.25) is 0 Å². The second kappa shape index (κ2) is 9.35. The predicted octanol–water partition coefficient (Wildman–Crippen LogP) is 6.75. The van der Waals surface area contributed by atoms with Gasteiger partial charge in [-0.3, -0.25) is 0 Å². The fourth-order valence-corrected chi connectivity index (χ4v) is 2.85. The molecule has 1 atom stereocenters. The maximum absolute atomic E-state index is 5.64. The zero-order valence-corrected chi connectivity index (χ0v) is 15.7. The number of epoxide rings is 1. The molecule has 1 aliphatic rings. The third-order valence-corrected chi connectivity index (χ3v) is 4.58. The van der Waals surface area contributed by atoms with Crippen molar-refractivity contribution < 1.29 is 4.74 Å². The highest BCUT2D eigenvalue weighted by Gasteiger charge is 2.46. The van der Waals surface area contributed by atoms with Gasteiger partial charge in [-0.1, -0.05) is 41.9 Å². The summed E-state index contributed by atoms with van der Waals surface area (Å²) in [6.07, 6.45) is 15.9. The molecule has 0 bridgehead atoms. The molecule has 1 heteroatoms. The lowest BCUT2D eigenvalue weighted by Crippen LogP contribution is -2.02. The average Bonchev–Trinajstić information content (AvgIpc) is 3.04. The van der Waals surface area contributed by atoms with Gasteiger partial charge >= 0.3 is 0 Å². The van der Waals surface area contributed by atoms with Gasteiger partial charge in [0, 0.05) is 0 Å². The monoisotopic (exact) mass is 304 g/mol. The van der Waals surface area contributed by atoms with Crippen molar-refractivity contribution in [2.24, 2.45) is 0 Å². The molecule has 1 rings (SSSR count). The molecule has 1 aliphatic heterocycles. The normalized spacial score (nSPS) is 22.1. The third kappa shape index (κ3) is 7.98. The smallest absolute Gasteiger partial charge is 0.0892 e. The van der Waals surface area contributed by atoms with E-state index in [1.54, 1.807) is 0 Å². The average molecular weight is 305 g/mol. The highest BCUT2D eigenvalue weighted by Crippen LogP contribution is 2.38. The van der Waals surface area contributed by atoms with Crippen LogP contribution in [-0.4, -0.2) is 11.7 Å². The zero-order valence-electron chi connectivity index (χ0n) is 15.7. The highest BCUT2D eigenvalue weighted by molar-refractivity contribution is 5.07. The van der Waals surface area contributed by atoms with Crippen LogP contribution in [0.1, 0.15) is 86.5 Å². The van der Waals surface area contributed by atoms with Gasteiger partial charge < -0.3 is 4.74 Å². The molecule has 1 heterocycles. The van der Waals surface area contributed by atoms with Gasteiger partial charge in [-0.05, 0) is 79.6 Å². The number of rotatable bonds is 10. The van der Waals surface area contributed by atoms with Crippen LogP contribution in [0.25, 0.3) is 0 Å². The number of allylic oxidation sites excluding steroid dienone is 6. The van der Waals surface area contributed by atoms with Crippen molar-refractivity contribution in [1.82, 2.24) is 0 Å². The van der Waals surface area contributed by atoms with Gasteiger partial charge in [0.15, 0.2) is 0 Å². The second-order valence-electron chi connectivity index (χ2n) is 7.39. The first-order valence-electron chi connectivity index (χ1n) is 9.00. The van der Waals surface area contributed by atoms with Crippen LogP contribution in [0.3, 0.4) is 0 Å². The zero-order chi connectivity index (χ0) is 16.6. The molecule has 1 unspecified atom stereocenters. The summed E-state index contributed by atoms with van der Waals surface area (Å²) in [5.74, 6) is 0. The van der Waals surface area contributed by atoms with E-state index in [-0.39, 0.29) is 5.60 Å². The molecule has 0 spiro atoms. The van der Waals surface area contributed by atoms with E-state index in [1.807, 2.05) is 0 Å². The Morgan fingerprint density at radius 3 is 1.77 bits per heavy atom. The maximum Gasteiger partial charge on any atom is 0.0892 e. The Morgan fingerprint density at radius 1 is 0.864 bits per heavy atom.